The maximum Gasteiger partial charge on any atom is 0.215 e. The predicted molar refractivity (Wildman–Crippen MR) is 104 cm³/mol. The molecule has 3 rings (SSSR count). The van der Waals surface area contributed by atoms with Crippen LogP contribution in [-0.2, 0) is 16.8 Å². The summed E-state index contributed by atoms with van der Waals surface area (Å²) in [6.07, 6.45) is 2.10. The van der Waals surface area contributed by atoms with Gasteiger partial charge in [-0.2, -0.15) is 0 Å². The molecule has 0 spiro atoms. The number of anilines is 1. The molecule has 3 N–H and O–H groups in total. The second-order valence-electron chi connectivity index (χ2n) is 5.96. The van der Waals surface area contributed by atoms with Gasteiger partial charge in [0.1, 0.15) is 14.1 Å². The van der Waals surface area contributed by atoms with Gasteiger partial charge < -0.3 is 10.3 Å². The fourth-order valence-corrected chi connectivity index (χ4v) is 3.52. The summed E-state index contributed by atoms with van der Waals surface area (Å²) < 4.78 is 36.1. The molecule has 140 valence electrons. The van der Waals surface area contributed by atoms with Gasteiger partial charge >= 0.3 is 0 Å². The predicted octanol–water partition coefficient (Wildman–Crippen LogP) is 1.97. The molecule has 1 heterocycles. The Kier molecular flexibility index (Phi) is 6.30. The topological polar surface area (TPSA) is 119 Å². The lowest BCUT2D eigenvalue weighted by atomic mass is 10.1. The fourth-order valence-electron chi connectivity index (χ4n) is 2.49. The number of nitrogen functional groups attached to an aromatic ring is 1. The highest BCUT2D eigenvalue weighted by Gasteiger charge is 2.10. The molecule has 1 aliphatic heterocycles. The van der Waals surface area contributed by atoms with E-state index in [1.807, 2.05) is 0 Å². The van der Waals surface area contributed by atoms with E-state index in [2.05, 4.69) is 55.9 Å². The van der Waals surface area contributed by atoms with Crippen molar-refractivity contribution in [2.24, 2.45) is 0 Å². The Morgan fingerprint density at radius 2 is 1.92 bits per heavy atom. The second kappa shape index (κ2) is 8.09. The van der Waals surface area contributed by atoms with Crippen LogP contribution in [0.1, 0.15) is 18.9 Å². The van der Waals surface area contributed by atoms with Crippen molar-refractivity contribution in [1.29, 1.82) is 0 Å². The number of nitrogens with zero attached hydrogens (tertiary/aromatic N) is 2. The zero-order valence-electron chi connectivity index (χ0n) is 14.8. The van der Waals surface area contributed by atoms with E-state index >= 15 is 0 Å². The van der Waals surface area contributed by atoms with Crippen LogP contribution in [0.3, 0.4) is 0 Å². The SMILES string of the molecule is CCCc1cc2nc3ccc(=[N+](C)C)cc-3sc2cc1N.O=S(=O)([O-])O. The molecule has 26 heavy (non-hydrogen) atoms. The first-order valence-electron chi connectivity index (χ1n) is 7.90. The highest BCUT2D eigenvalue weighted by atomic mass is 32.3. The van der Waals surface area contributed by atoms with Gasteiger partial charge in [-0.05, 0) is 30.2 Å². The molecule has 9 heteroatoms. The number of aromatic nitrogens is 1. The second-order valence-corrected chi connectivity index (χ2v) is 7.90. The van der Waals surface area contributed by atoms with E-state index in [4.69, 9.17) is 28.2 Å². The van der Waals surface area contributed by atoms with Gasteiger partial charge in [-0.15, -0.1) is 11.3 Å². The van der Waals surface area contributed by atoms with E-state index < -0.39 is 10.4 Å². The van der Waals surface area contributed by atoms with E-state index in [-0.39, 0.29) is 0 Å². The smallest absolute Gasteiger partial charge is 0.215 e. The van der Waals surface area contributed by atoms with Gasteiger partial charge in [-0.1, -0.05) is 13.3 Å². The molecule has 0 atom stereocenters. The zero-order chi connectivity index (χ0) is 19.5. The van der Waals surface area contributed by atoms with Gasteiger partial charge in [0.2, 0.25) is 15.8 Å². The molecule has 0 aromatic heterocycles. The van der Waals surface area contributed by atoms with Gasteiger partial charge in [0, 0.05) is 17.8 Å². The van der Waals surface area contributed by atoms with Crippen molar-refractivity contribution in [2.75, 3.05) is 19.8 Å². The number of hydrogen-bond acceptors (Lipinski definition) is 6. The first-order valence-corrected chi connectivity index (χ1v) is 10.1. The Balaban J connectivity index is 0.000000431. The molecule has 0 amide bonds. The lowest BCUT2D eigenvalue weighted by molar-refractivity contribution is 0.366. The van der Waals surface area contributed by atoms with Crippen molar-refractivity contribution < 1.29 is 17.5 Å². The summed E-state index contributed by atoms with van der Waals surface area (Å²) in [6, 6.07) is 10.6. The molecule has 0 radical (unpaired) electrons. The van der Waals surface area contributed by atoms with Crippen LogP contribution >= 0.6 is 11.3 Å². The summed E-state index contributed by atoms with van der Waals surface area (Å²) in [7, 11) is -0.815. The average molecular weight is 396 g/mol. The Hall–Kier alpha value is -2.07. The van der Waals surface area contributed by atoms with Crippen molar-refractivity contribution in [1.82, 2.24) is 9.56 Å². The third-order valence-electron chi connectivity index (χ3n) is 3.66. The van der Waals surface area contributed by atoms with Crippen molar-refractivity contribution in [3.05, 3.63) is 41.3 Å². The minimum Gasteiger partial charge on any atom is -0.726 e. The molecule has 0 saturated carbocycles. The first-order chi connectivity index (χ1) is 12.1. The van der Waals surface area contributed by atoms with Gasteiger partial charge in [-0.3, -0.25) is 4.55 Å². The van der Waals surface area contributed by atoms with Crippen LogP contribution in [0.5, 0.6) is 0 Å². The largest absolute Gasteiger partial charge is 0.726 e. The van der Waals surface area contributed by atoms with E-state index in [1.165, 1.54) is 15.8 Å². The van der Waals surface area contributed by atoms with Crippen molar-refractivity contribution in [2.45, 2.75) is 19.8 Å². The average Bonchev–Trinajstić information content (AvgIpc) is 2.52. The molecule has 1 aliphatic carbocycles. The van der Waals surface area contributed by atoms with Crippen LogP contribution in [-0.4, -0.2) is 36.6 Å². The molecule has 1 aromatic rings. The Labute approximate surface area is 156 Å². The monoisotopic (exact) mass is 395 g/mol. The lowest BCUT2D eigenvalue weighted by Gasteiger charge is -2.09. The molecular weight excluding hydrogens is 374 g/mol. The third-order valence-corrected chi connectivity index (χ3v) is 4.75. The Morgan fingerprint density at radius 1 is 1.27 bits per heavy atom. The van der Waals surface area contributed by atoms with Crippen LogP contribution in [0, 0.1) is 0 Å². The van der Waals surface area contributed by atoms with E-state index in [0.29, 0.717) is 0 Å². The minimum absolute atomic E-state index is 0.880. The first kappa shape index (κ1) is 20.2. The maximum atomic E-state index is 8.63. The standard InChI is InChI=1S/C17H19N3S.H2O4S/c1-4-5-11-8-15-17(10-13(11)18)21-16-9-12(20(2)3)6-7-14(16)19-15;1-5(2,3)4/h6-10,18H,4-5H2,1-3H3;(H2,1,2,3,4). The molecule has 1 aromatic carbocycles. The van der Waals surface area contributed by atoms with Crippen LogP contribution in [0.4, 0.5) is 5.69 Å². The molecular formula is C17H21N3O4S2. The Morgan fingerprint density at radius 3 is 2.50 bits per heavy atom. The summed E-state index contributed by atoms with van der Waals surface area (Å²) in [4.78, 5) is 5.99. The summed E-state index contributed by atoms with van der Waals surface area (Å²) >= 11 is 1.75. The van der Waals surface area contributed by atoms with Gasteiger partial charge in [-0.25, -0.2) is 18.0 Å². The third kappa shape index (κ3) is 5.46. The van der Waals surface area contributed by atoms with Crippen LogP contribution in [0.15, 0.2) is 30.3 Å². The quantitative estimate of drug-likeness (QED) is 0.225. The minimum atomic E-state index is -4.92. The molecule has 7 nitrogen and oxygen atoms in total. The number of nitrogens with two attached hydrogens (primary N) is 1. The lowest BCUT2D eigenvalue weighted by Crippen LogP contribution is -2.21. The number of rotatable bonds is 2. The van der Waals surface area contributed by atoms with Crippen molar-refractivity contribution >= 4 is 37.6 Å². The summed E-state index contributed by atoms with van der Waals surface area (Å²) in [5, 5.41) is 1.19. The van der Waals surface area contributed by atoms with Gasteiger partial charge in [0.15, 0.2) is 0 Å². The van der Waals surface area contributed by atoms with Crippen molar-refractivity contribution in [3.63, 3.8) is 0 Å². The van der Waals surface area contributed by atoms with Gasteiger partial charge in [0.25, 0.3) is 0 Å². The fraction of sp³-hybridized carbons (Fsp3) is 0.294. The maximum absolute atomic E-state index is 8.63. The molecule has 2 aliphatic rings. The normalized spacial score (nSPS) is 11.3. The summed E-state index contributed by atoms with van der Waals surface area (Å²) in [6.45, 7) is 2.17. The highest BCUT2D eigenvalue weighted by Crippen LogP contribution is 2.32. The number of aryl methyl sites for hydroxylation is 1. The molecule has 0 bridgehead atoms. The zero-order valence-corrected chi connectivity index (χ0v) is 16.4. The summed E-state index contributed by atoms with van der Waals surface area (Å²) in [5.74, 6) is 0. The van der Waals surface area contributed by atoms with Crippen LogP contribution < -0.4 is 15.7 Å². The number of benzene rings is 2. The number of hydrogen-bond donors (Lipinski definition) is 2. The highest BCUT2D eigenvalue weighted by molar-refractivity contribution is 7.79. The van der Waals surface area contributed by atoms with Crippen molar-refractivity contribution in [3.8, 4) is 10.6 Å². The molecule has 0 fully saturated rings. The Bertz CT molecular complexity index is 1060. The van der Waals surface area contributed by atoms with E-state index in [1.54, 1.807) is 11.3 Å². The van der Waals surface area contributed by atoms with Crippen LogP contribution in [0.25, 0.3) is 20.8 Å². The summed E-state index contributed by atoms with van der Waals surface area (Å²) in [5.41, 5.74) is 10.3. The van der Waals surface area contributed by atoms with E-state index in [9.17, 15) is 0 Å². The van der Waals surface area contributed by atoms with E-state index in [0.717, 1.165) is 34.4 Å². The van der Waals surface area contributed by atoms with Crippen LogP contribution in [0.2, 0.25) is 0 Å². The van der Waals surface area contributed by atoms with Gasteiger partial charge in [0.05, 0.1) is 20.8 Å². The number of fused-ring (bicyclic) bond motifs is 2. The molecule has 0 unspecified atom stereocenters. The molecule has 0 saturated heterocycles.